The Balaban J connectivity index is 1.44. The van der Waals surface area contributed by atoms with Crippen LogP contribution in [-0.4, -0.2) is 44.9 Å². The van der Waals surface area contributed by atoms with Crippen LogP contribution in [0.15, 0.2) is 53.2 Å². The molecule has 180 valence electrons. The summed E-state index contributed by atoms with van der Waals surface area (Å²) in [4.78, 5) is 28.6. The number of carbonyl (C=O) groups excluding carboxylic acids is 1. The van der Waals surface area contributed by atoms with Gasteiger partial charge in [-0.2, -0.15) is 4.98 Å². The maximum absolute atomic E-state index is 15.3. The number of aromatic nitrogens is 3. The molecule has 1 fully saturated rings. The van der Waals surface area contributed by atoms with Crippen molar-refractivity contribution in [1.82, 2.24) is 19.9 Å². The normalized spacial score (nSPS) is 18.1. The van der Waals surface area contributed by atoms with Gasteiger partial charge in [-0.3, -0.25) is 4.79 Å². The minimum Gasteiger partial charge on any atom is -0.424 e. The van der Waals surface area contributed by atoms with Gasteiger partial charge in [0.2, 0.25) is 0 Å². The second-order valence-electron chi connectivity index (χ2n) is 8.94. The molecule has 0 saturated carbocycles. The fourth-order valence-corrected chi connectivity index (χ4v) is 4.86. The second-order valence-corrected chi connectivity index (χ2v) is 9.38. The monoisotopic (exact) mass is 493 g/mol. The molecule has 3 heterocycles. The number of anilines is 1. The van der Waals surface area contributed by atoms with Crippen LogP contribution in [0.1, 0.15) is 35.7 Å². The number of oxazole rings is 1. The Morgan fingerprint density at radius 3 is 2.86 bits per heavy atom. The van der Waals surface area contributed by atoms with Crippen molar-refractivity contribution in [2.45, 2.75) is 32.7 Å². The molecule has 1 aliphatic rings. The highest BCUT2D eigenvalue weighted by Gasteiger charge is 2.35. The molecule has 1 amide bonds. The zero-order valence-electron chi connectivity index (χ0n) is 19.5. The second kappa shape index (κ2) is 9.62. The predicted molar refractivity (Wildman–Crippen MR) is 133 cm³/mol. The van der Waals surface area contributed by atoms with Crippen LogP contribution in [-0.2, 0) is 0 Å². The van der Waals surface area contributed by atoms with Gasteiger partial charge in [0, 0.05) is 42.1 Å². The molecule has 35 heavy (non-hydrogen) atoms. The molecule has 2 unspecified atom stereocenters. The van der Waals surface area contributed by atoms with Crippen molar-refractivity contribution in [3.05, 3.63) is 70.8 Å². The lowest BCUT2D eigenvalue weighted by Crippen LogP contribution is -2.51. The largest absolute Gasteiger partial charge is 0.424 e. The van der Waals surface area contributed by atoms with Gasteiger partial charge in [-0.15, -0.1) is 0 Å². The van der Waals surface area contributed by atoms with Crippen LogP contribution in [0, 0.1) is 18.7 Å². The number of likely N-dealkylation sites (tertiary alicyclic amines) is 1. The lowest BCUT2D eigenvalue weighted by molar-refractivity contribution is 0.0535. The van der Waals surface area contributed by atoms with Gasteiger partial charge >= 0.3 is 0 Å². The van der Waals surface area contributed by atoms with E-state index in [0.717, 1.165) is 12.8 Å². The van der Waals surface area contributed by atoms with E-state index in [4.69, 9.17) is 16.0 Å². The molecule has 0 radical (unpaired) electrons. The summed E-state index contributed by atoms with van der Waals surface area (Å²) < 4.78 is 21.1. The van der Waals surface area contributed by atoms with Crippen molar-refractivity contribution >= 4 is 34.6 Å². The van der Waals surface area contributed by atoms with E-state index in [2.05, 4.69) is 27.2 Å². The van der Waals surface area contributed by atoms with Crippen LogP contribution < -0.4 is 5.32 Å². The van der Waals surface area contributed by atoms with Crippen LogP contribution in [0.2, 0.25) is 5.02 Å². The Morgan fingerprint density at radius 1 is 1.26 bits per heavy atom. The van der Waals surface area contributed by atoms with Gasteiger partial charge in [0.25, 0.3) is 11.9 Å². The average molecular weight is 494 g/mol. The number of benzene rings is 2. The summed E-state index contributed by atoms with van der Waals surface area (Å²) in [7, 11) is 0. The zero-order chi connectivity index (χ0) is 24.5. The lowest BCUT2D eigenvalue weighted by Gasteiger charge is -2.40. The first kappa shape index (κ1) is 23.2. The SMILES string of the molecule is Cc1cc(F)c(C(=O)N2CCCC(C)C2CNc2nc3ccc(Cl)cc3o2)c(-c2ncccn2)c1. The van der Waals surface area contributed by atoms with E-state index in [0.29, 0.717) is 52.2 Å². The standard InChI is InChI=1S/C26H25ClFN5O2/c1-15-11-18(24-29-8-4-9-30-24)23(19(28)12-15)25(34)33-10-3-5-16(2)21(33)14-31-26-32-20-7-6-17(27)13-22(20)35-26/h4,6-9,11-13,16,21H,3,5,10,14H2,1-2H3,(H,31,32). The predicted octanol–water partition coefficient (Wildman–Crippen LogP) is 5.74. The third-order valence-corrected chi connectivity index (χ3v) is 6.68. The first-order chi connectivity index (χ1) is 16.9. The molecule has 0 aliphatic carbocycles. The molecule has 1 aliphatic heterocycles. The van der Waals surface area contributed by atoms with Crippen LogP contribution in [0.5, 0.6) is 0 Å². The minimum absolute atomic E-state index is 0.00240. The van der Waals surface area contributed by atoms with E-state index < -0.39 is 5.82 Å². The third-order valence-electron chi connectivity index (χ3n) is 6.44. The Hall–Kier alpha value is -3.52. The molecule has 2 aromatic heterocycles. The number of nitrogens with zero attached hydrogens (tertiary/aromatic N) is 4. The summed E-state index contributed by atoms with van der Waals surface area (Å²) in [5.74, 6) is -0.418. The summed E-state index contributed by atoms with van der Waals surface area (Å²) in [6, 6.07) is 10.3. The number of hydrogen-bond acceptors (Lipinski definition) is 6. The van der Waals surface area contributed by atoms with Crippen LogP contribution in [0.25, 0.3) is 22.5 Å². The summed E-state index contributed by atoms with van der Waals surface area (Å²) >= 11 is 6.05. The van der Waals surface area contributed by atoms with Gasteiger partial charge in [0.05, 0.1) is 11.6 Å². The first-order valence-corrected chi connectivity index (χ1v) is 12.0. The number of rotatable bonds is 5. The molecule has 5 rings (SSSR count). The van der Waals surface area contributed by atoms with E-state index in [9.17, 15) is 4.79 Å². The Bertz CT molecular complexity index is 1380. The average Bonchev–Trinajstić information content (AvgIpc) is 3.25. The fourth-order valence-electron chi connectivity index (χ4n) is 4.70. The number of fused-ring (bicyclic) bond motifs is 1. The highest BCUT2D eigenvalue weighted by Crippen LogP contribution is 2.31. The van der Waals surface area contributed by atoms with Crippen molar-refractivity contribution in [3.8, 4) is 11.4 Å². The number of piperidine rings is 1. The molecular formula is C26H25ClFN5O2. The molecule has 4 aromatic rings. The molecular weight excluding hydrogens is 469 g/mol. The van der Waals surface area contributed by atoms with Gasteiger partial charge in [-0.05, 0) is 61.6 Å². The number of hydrogen-bond donors (Lipinski definition) is 1. The van der Waals surface area contributed by atoms with Gasteiger partial charge in [0.1, 0.15) is 11.3 Å². The highest BCUT2D eigenvalue weighted by molar-refractivity contribution is 6.31. The molecule has 0 spiro atoms. The highest BCUT2D eigenvalue weighted by atomic mass is 35.5. The zero-order valence-corrected chi connectivity index (χ0v) is 20.2. The van der Waals surface area contributed by atoms with Gasteiger partial charge < -0.3 is 14.6 Å². The molecule has 2 atom stereocenters. The third kappa shape index (κ3) is 4.71. The maximum Gasteiger partial charge on any atom is 0.295 e. The maximum atomic E-state index is 15.3. The van der Waals surface area contributed by atoms with Crippen LogP contribution in [0.4, 0.5) is 10.4 Å². The van der Waals surface area contributed by atoms with E-state index in [1.807, 2.05) is 0 Å². The number of carbonyl (C=O) groups is 1. The topological polar surface area (TPSA) is 84.2 Å². The van der Waals surface area contributed by atoms with Crippen LogP contribution >= 0.6 is 11.6 Å². The minimum atomic E-state index is -0.571. The summed E-state index contributed by atoms with van der Waals surface area (Å²) in [6.07, 6.45) is 4.97. The van der Waals surface area contributed by atoms with Crippen molar-refractivity contribution in [1.29, 1.82) is 0 Å². The Kier molecular flexibility index (Phi) is 6.38. The summed E-state index contributed by atoms with van der Waals surface area (Å²) in [6.45, 7) is 4.83. The van der Waals surface area contributed by atoms with E-state index in [1.54, 1.807) is 54.5 Å². The number of aryl methyl sites for hydroxylation is 1. The van der Waals surface area contributed by atoms with Crippen molar-refractivity contribution in [2.75, 3.05) is 18.4 Å². The molecule has 7 nitrogen and oxygen atoms in total. The van der Waals surface area contributed by atoms with Gasteiger partial charge in [0.15, 0.2) is 11.4 Å². The number of halogens is 2. The smallest absolute Gasteiger partial charge is 0.295 e. The van der Waals surface area contributed by atoms with E-state index in [-0.39, 0.29) is 23.4 Å². The van der Waals surface area contributed by atoms with Crippen molar-refractivity contribution < 1.29 is 13.6 Å². The van der Waals surface area contributed by atoms with E-state index >= 15 is 4.39 Å². The summed E-state index contributed by atoms with van der Waals surface area (Å²) in [5.41, 5.74) is 2.36. The summed E-state index contributed by atoms with van der Waals surface area (Å²) in [5, 5.41) is 3.79. The van der Waals surface area contributed by atoms with Gasteiger partial charge in [-0.1, -0.05) is 18.5 Å². The molecule has 9 heteroatoms. The molecule has 0 bridgehead atoms. The van der Waals surface area contributed by atoms with Crippen LogP contribution in [0.3, 0.4) is 0 Å². The van der Waals surface area contributed by atoms with Crippen molar-refractivity contribution in [2.24, 2.45) is 5.92 Å². The fraction of sp³-hybridized carbons (Fsp3) is 0.308. The molecule has 1 saturated heterocycles. The molecule has 1 N–H and O–H groups in total. The van der Waals surface area contributed by atoms with Crippen molar-refractivity contribution in [3.63, 3.8) is 0 Å². The number of nitrogens with one attached hydrogen (secondary N) is 1. The van der Waals surface area contributed by atoms with Gasteiger partial charge in [-0.25, -0.2) is 14.4 Å². The molecule has 2 aromatic carbocycles. The lowest BCUT2D eigenvalue weighted by atomic mass is 9.89. The first-order valence-electron chi connectivity index (χ1n) is 11.6. The van der Waals surface area contributed by atoms with E-state index in [1.165, 1.54) is 6.07 Å². The number of amides is 1. The Labute approximate surface area is 207 Å². The quantitative estimate of drug-likeness (QED) is 0.381. The Morgan fingerprint density at radius 2 is 2.06 bits per heavy atom.